The maximum atomic E-state index is 12.0. The van der Waals surface area contributed by atoms with Crippen LogP contribution in [0.15, 0.2) is 35.4 Å². The van der Waals surface area contributed by atoms with Gasteiger partial charge in [-0.15, -0.1) is 0 Å². The Morgan fingerprint density at radius 1 is 1.35 bits per heavy atom. The van der Waals surface area contributed by atoms with Crippen molar-refractivity contribution in [1.82, 2.24) is 5.43 Å². The van der Waals surface area contributed by atoms with Gasteiger partial charge in [0.2, 0.25) is 0 Å². The topological polar surface area (TPSA) is 70.9 Å². The maximum Gasteiger partial charge on any atom is 0.271 e. The fraction of sp³-hybridized carbons (Fsp3) is 0.0667. The highest BCUT2D eigenvalue weighted by Gasteiger charge is 2.09. The van der Waals surface area contributed by atoms with Crippen LogP contribution >= 0.6 is 45.8 Å². The number of methoxy groups -OCH3 is 1. The van der Waals surface area contributed by atoms with E-state index in [2.05, 4.69) is 33.1 Å². The average Bonchev–Trinajstić information content (AvgIpc) is 2.51. The average molecular weight is 465 g/mol. The molecule has 0 aromatic heterocycles. The first-order valence-corrected chi connectivity index (χ1v) is 8.10. The van der Waals surface area contributed by atoms with Crippen LogP contribution in [-0.2, 0) is 0 Å². The number of halogens is 3. The fourth-order valence-corrected chi connectivity index (χ4v) is 2.96. The summed E-state index contributed by atoms with van der Waals surface area (Å²) in [5, 5.41) is 14.0. The number of amides is 1. The van der Waals surface area contributed by atoms with Gasteiger partial charge in [-0.05, 0) is 52.9 Å². The lowest BCUT2D eigenvalue weighted by Gasteiger charge is -2.05. The van der Waals surface area contributed by atoms with Crippen LogP contribution in [0.1, 0.15) is 15.9 Å². The molecule has 0 atom stereocenters. The summed E-state index contributed by atoms with van der Waals surface area (Å²) in [6, 6.07) is 7.89. The summed E-state index contributed by atoms with van der Waals surface area (Å²) < 4.78 is 5.94. The molecule has 0 saturated heterocycles. The second-order valence-corrected chi connectivity index (χ2v) is 6.38. The van der Waals surface area contributed by atoms with E-state index in [0.717, 1.165) is 3.57 Å². The summed E-state index contributed by atoms with van der Waals surface area (Å²) in [5.41, 5.74) is 3.10. The number of hydrogen-bond acceptors (Lipinski definition) is 4. The van der Waals surface area contributed by atoms with Crippen molar-refractivity contribution < 1.29 is 14.6 Å². The van der Waals surface area contributed by atoms with Crippen molar-refractivity contribution in [3.05, 3.63) is 55.1 Å². The third-order valence-electron chi connectivity index (χ3n) is 2.84. The molecule has 0 aliphatic rings. The highest BCUT2D eigenvalue weighted by molar-refractivity contribution is 14.1. The predicted octanol–water partition coefficient (Wildman–Crippen LogP) is 4.08. The normalized spacial score (nSPS) is 10.8. The van der Waals surface area contributed by atoms with Gasteiger partial charge in [-0.25, -0.2) is 5.43 Å². The summed E-state index contributed by atoms with van der Waals surface area (Å²) in [5.74, 6) is 0.131. The Kier molecular flexibility index (Phi) is 6.09. The van der Waals surface area contributed by atoms with Crippen LogP contribution in [0.4, 0.5) is 0 Å². The zero-order valence-corrected chi connectivity index (χ0v) is 15.5. The Morgan fingerprint density at radius 2 is 2.09 bits per heavy atom. The van der Waals surface area contributed by atoms with Gasteiger partial charge in [-0.3, -0.25) is 4.79 Å². The quantitative estimate of drug-likeness (QED) is 0.407. The highest BCUT2D eigenvalue weighted by Crippen LogP contribution is 2.29. The molecule has 0 spiro atoms. The van der Waals surface area contributed by atoms with Gasteiger partial charge in [0.15, 0.2) is 0 Å². The smallest absolute Gasteiger partial charge is 0.271 e. The molecule has 0 bridgehead atoms. The van der Waals surface area contributed by atoms with Gasteiger partial charge in [-0.1, -0.05) is 23.2 Å². The Labute approximate surface area is 156 Å². The van der Waals surface area contributed by atoms with Crippen molar-refractivity contribution in [3.8, 4) is 11.5 Å². The van der Waals surface area contributed by atoms with E-state index in [0.29, 0.717) is 21.9 Å². The Balaban J connectivity index is 2.11. The number of ether oxygens (including phenoxy) is 1. The van der Waals surface area contributed by atoms with Gasteiger partial charge in [0.25, 0.3) is 5.91 Å². The molecule has 2 N–H and O–H groups in total. The molecule has 0 heterocycles. The molecule has 2 aromatic carbocycles. The third-order valence-corrected chi connectivity index (χ3v) is 4.19. The first kappa shape index (κ1) is 17.8. The van der Waals surface area contributed by atoms with Crippen molar-refractivity contribution in [1.29, 1.82) is 0 Å². The molecule has 0 fully saturated rings. The number of rotatable bonds is 4. The summed E-state index contributed by atoms with van der Waals surface area (Å²) in [6.07, 6.45) is 1.26. The number of phenolic OH excluding ortho intramolecular Hbond substituents is 1. The number of phenols is 1. The molecule has 0 aliphatic carbocycles. The number of carbonyl (C=O) groups is 1. The van der Waals surface area contributed by atoms with Crippen LogP contribution in [-0.4, -0.2) is 24.3 Å². The van der Waals surface area contributed by atoms with Gasteiger partial charge in [0, 0.05) is 16.1 Å². The largest absolute Gasteiger partial charge is 0.506 e. The van der Waals surface area contributed by atoms with E-state index in [4.69, 9.17) is 27.9 Å². The lowest BCUT2D eigenvalue weighted by Crippen LogP contribution is -2.17. The van der Waals surface area contributed by atoms with Crippen LogP contribution in [0.25, 0.3) is 0 Å². The molecule has 5 nitrogen and oxygen atoms in total. The van der Waals surface area contributed by atoms with Gasteiger partial charge in [0.1, 0.15) is 11.5 Å². The summed E-state index contributed by atoms with van der Waals surface area (Å²) in [7, 11) is 1.56. The number of hydrazone groups is 1. The number of nitrogens with zero attached hydrogens (tertiary/aromatic N) is 1. The Bertz CT molecular complexity index is 782. The molecule has 2 aromatic rings. The van der Waals surface area contributed by atoms with Gasteiger partial charge in [0.05, 0.1) is 21.9 Å². The molecular weight excluding hydrogens is 454 g/mol. The molecule has 8 heteroatoms. The van der Waals surface area contributed by atoms with Crippen molar-refractivity contribution in [2.45, 2.75) is 0 Å². The second-order valence-electron chi connectivity index (χ2n) is 4.37. The molecular formula is C15H11Cl2IN2O3. The zero-order valence-electron chi connectivity index (χ0n) is 11.8. The Morgan fingerprint density at radius 3 is 2.74 bits per heavy atom. The fourth-order valence-electron chi connectivity index (χ4n) is 1.72. The van der Waals surface area contributed by atoms with Crippen molar-refractivity contribution >= 4 is 57.9 Å². The third kappa shape index (κ3) is 4.49. The molecule has 0 aliphatic heterocycles. The van der Waals surface area contributed by atoms with Crippen LogP contribution in [0.3, 0.4) is 0 Å². The van der Waals surface area contributed by atoms with E-state index in [9.17, 15) is 9.90 Å². The summed E-state index contributed by atoms with van der Waals surface area (Å²) >= 11 is 13.7. The van der Waals surface area contributed by atoms with Crippen molar-refractivity contribution in [2.24, 2.45) is 5.10 Å². The zero-order chi connectivity index (χ0) is 17.0. The summed E-state index contributed by atoms with van der Waals surface area (Å²) in [4.78, 5) is 12.0. The molecule has 120 valence electrons. The van der Waals surface area contributed by atoms with Crippen LogP contribution < -0.4 is 10.2 Å². The van der Waals surface area contributed by atoms with E-state index < -0.39 is 5.91 Å². The lowest BCUT2D eigenvalue weighted by atomic mass is 10.2. The molecule has 2 rings (SSSR count). The Hall–Kier alpha value is -1.51. The van der Waals surface area contributed by atoms with E-state index in [1.165, 1.54) is 18.3 Å². The van der Waals surface area contributed by atoms with Crippen LogP contribution in [0, 0.1) is 3.57 Å². The van der Waals surface area contributed by atoms with Gasteiger partial charge < -0.3 is 9.84 Å². The van der Waals surface area contributed by atoms with Crippen LogP contribution in [0.2, 0.25) is 10.0 Å². The van der Waals surface area contributed by atoms with E-state index >= 15 is 0 Å². The predicted molar refractivity (Wildman–Crippen MR) is 98.9 cm³/mol. The first-order chi connectivity index (χ1) is 10.9. The van der Waals surface area contributed by atoms with E-state index in [-0.39, 0.29) is 10.8 Å². The van der Waals surface area contributed by atoms with E-state index in [1.54, 1.807) is 25.3 Å². The molecule has 0 saturated carbocycles. The molecule has 0 radical (unpaired) electrons. The van der Waals surface area contributed by atoms with Crippen molar-refractivity contribution in [2.75, 3.05) is 7.11 Å². The minimum absolute atomic E-state index is 0.106. The standard InChI is InChI=1S/C15H11Cl2IN2O3/c1-23-13-3-2-8(5-12(13)18)15(22)20-19-7-9-4-10(16)6-11(17)14(9)21/h2-7,21H,1H3,(H,20,22). The maximum absolute atomic E-state index is 12.0. The molecule has 1 amide bonds. The minimum Gasteiger partial charge on any atom is -0.506 e. The summed E-state index contributed by atoms with van der Waals surface area (Å²) in [6.45, 7) is 0. The first-order valence-electron chi connectivity index (χ1n) is 6.27. The monoisotopic (exact) mass is 464 g/mol. The number of benzene rings is 2. The van der Waals surface area contributed by atoms with Crippen molar-refractivity contribution in [3.63, 3.8) is 0 Å². The number of nitrogens with one attached hydrogen (secondary N) is 1. The van der Waals surface area contributed by atoms with E-state index in [1.807, 2.05) is 0 Å². The van der Waals surface area contributed by atoms with Gasteiger partial charge in [-0.2, -0.15) is 5.10 Å². The number of aromatic hydroxyl groups is 1. The molecule has 0 unspecified atom stereocenters. The second kappa shape index (κ2) is 7.85. The number of carbonyl (C=O) groups excluding carboxylic acids is 1. The highest BCUT2D eigenvalue weighted by atomic mass is 127. The van der Waals surface area contributed by atoms with Gasteiger partial charge >= 0.3 is 0 Å². The minimum atomic E-state index is -0.394. The number of hydrogen-bond donors (Lipinski definition) is 2. The SMILES string of the molecule is COc1ccc(C(=O)NN=Cc2cc(Cl)cc(Cl)c2O)cc1I. The molecule has 23 heavy (non-hydrogen) atoms. The lowest BCUT2D eigenvalue weighted by molar-refractivity contribution is 0.0955. The van der Waals surface area contributed by atoms with Crippen LogP contribution in [0.5, 0.6) is 11.5 Å².